The van der Waals surface area contributed by atoms with E-state index in [1.807, 2.05) is 37.3 Å². The number of rotatable bonds is 3. The number of nitrogens with zero attached hydrogens (tertiary/aromatic N) is 1. The van der Waals surface area contributed by atoms with Crippen LogP contribution in [0.15, 0.2) is 45.8 Å². The second-order valence-corrected chi connectivity index (χ2v) is 8.25. The van der Waals surface area contributed by atoms with Gasteiger partial charge in [0.15, 0.2) is 0 Å². The van der Waals surface area contributed by atoms with Crippen LogP contribution in [0.2, 0.25) is 0 Å². The third-order valence-corrected chi connectivity index (χ3v) is 6.36. The fourth-order valence-corrected chi connectivity index (χ4v) is 5.21. The monoisotopic (exact) mass is 409 g/mol. The molecule has 1 saturated heterocycles. The summed E-state index contributed by atoms with van der Waals surface area (Å²) in [7, 11) is 0. The number of amides is 1. The van der Waals surface area contributed by atoms with Crippen LogP contribution in [-0.2, 0) is 4.79 Å². The van der Waals surface area contributed by atoms with Crippen molar-refractivity contribution in [3.63, 3.8) is 0 Å². The highest BCUT2D eigenvalue weighted by molar-refractivity contribution is 9.10. The molecule has 0 radical (unpaired) electrons. The molecular weight excluding hydrogens is 398 g/mol. The second-order valence-electron chi connectivity index (χ2n) is 4.61. The Morgan fingerprint density at radius 3 is 2.73 bits per heavy atom. The Balaban J connectivity index is 1.90. The lowest BCUT2D eigenvalue weighted by Crippen LogP contribution is -2.27. The van der Waals surface area contributed by atoms with Gasteiger partial charge in [-0.2, -0.15) is 0 Å². The second kappa shape index (κ2) is 6.66. The Morgan fingerprint density at radius 1 is 1.27 bits per heavy atom. The van der Waals surface area contributed by atoms with Crippen LogP contribution < -0.4 is 0 Å². The normalized spacial score (nSPS) is 16.8. The molecule has 2 nitrogen and oxygen atoms in total. The molecule has 1 amide bonds. The molecule has 0 atom stereocenters. The van der Waals surface area contributed by atoms with Crippen LogP contribution >= 0.6 is 51.2 Å². The summed E-state index contributed by atoms with van der Waals surface area (Å²) in [6.07, 6.45) is 1.93. The number of thiophene rings is 1. The van der Waals surface area contributed by atoms with Gasteiger partial charge in [-0.15, -0.1) is 11.3 Å². The van der Waals surface area contributed by atoms with Gasteiger partial charge >= 0.3 is 0 Å². The first-order valence-corrected chi connectivity index (χ1v) is 9.53. The van der Waals surface area contributed by atoms with Gasteiger partial charge in [-0.1, -0.05) is 58.1 Å². The molecule has 6 heteroatoms. The Morgan fingerprint density at radius 2 is 2.05 bits per heavy atom. The van der Waals surface area contributed by atoms with Crippen molar-refractivity contribution in [2.24, 2.45) is 0 Å². The predicted molar refractivity (Wildman–Crippen MR) is 103 cm³/mol. The van der Waals surface area contributed by atoms with Crippen molar-refractivity contribution in [3.8, 4) is 10.4 Å². The molecule has 3 rings (SSSR count). The molecule has 0 unspecified atom stereocenters. The molecule has 22 heavy (non-hydrogen) atoms. The summed E-state index contributed by atoms with van der Waals surface area (Å²) in [5, 5.41) is 0. The molecular formula is C16H12BrNOS3. The van der Waals surface area contributed by atoms with Gasteiger partial charge < -0.3 is 0 Å². The van der Waals surface area contributed by atoms with Gasteiger partial charge in [-0.05, 0) is 31.2 Å². The smallest absolute Gasteiger partial charge is 0.266 e. The van der Waals surface area contributed by atoms with Crippen LogP contribution in [0.25, 0.3) is 16.5 Å². The predicted octanol–water partition coefficient (Wildman–Crippen LogP) is 5.40. The lowest BCUT2D eigenvalue weighted by molar-refractivity contribution is -0.121. The number of benzene rings is 1. The first-order valence-electron chi connectivity index (χ1n) is 6.70. The highest BCUT2D eigenvalue weighted by Gasteiger charge is 2.30. The fraction of sp³-hybridized carbons (Fsp3) is 0.125. The van der Waals surface area contributed by atoms with Crippen LogP contribution in [0, 0.1) is 0 Å². The molecule has 1 aliphatic heterocycles. The van der Waals surface area contributed by atoms with E-state index in [1.54, 1.807) is 16.2 Å². The van der Waals surface area contributed by atoms with Gasteiger partial charge in [0.25, 0.3) is 5.91 Å². The minimum atomic E-state index is 0.00772. The Labute approximate surface area is 151 Å². The first-order chi connectivity index (χ1) is 10.6. The van der Waals surface area contributed by atoms with Crippen molar-refractivity contribution in [1.82, 2.24) is 4.90 Å². The van der Waals surface area contributed by atoms with Gasteiger partial charge in [-0.3, -0.25) is 9.69 Å². The summed E-state index contributed by atoms with van der Waals surface area (Å²) in [6, 6.07) is 12.2. The molecule has 1 fully saturated rings. The number of halogens is 1. The van der Waals surface area contributed by atoms with E-state index in [0.29, 0.717) is 15.8 Å². The van der Waals surface area contributed by atoms with Gasteiger partial charge in [0, 0.05) is 26.3 Å². The summed E-state index contributed by atoms with van der Waals surface area (Å²) >= 11 is 11.8. The largest absolute Gasteiger partial charge is 0.293 e. The zero-order valence-electron chi connectivity index (χ0n) is 11.7. The van der Waals surface area contributed by atoms with Gasteiger partial charge in [0.2, 0.25) is 0 Å². The molecule has 1 aromatic carbocycles. The molecule has 0 aliphatic carbocycles. The molecule has 1 aromatic heterocycles. The van der Waals surface area contributed by atoms with Crippen molar-refractivity contribution in [1.29, 1.82) is 0 Å². The van der Waals surface area contributed by atoms with Crippen molar-refractivity contribution in [2.75, 3.05) is 6.54 Å². The molecule has 112 valence electrons. The Hall–Kier alpha value is -0.950. The quantitative estimate of drug-likeness (QED) is 0.499. The number of hydrogen-bond donors (Lipinski definition) is 0. The van der Waals surface area contributed by atoms with E-state index in [-0.39, 0.29) is 5.91 Å². The maximum absolute atomic E-state index is 12.2. The number of likely N-dealkylation sites (N-methyl/N-ethyl adjacent to an activating group) is 1. The summed E-state index contributed by atoms with van der Waals surface area (Å²) in [5.74, 6) is 0.00772. The fourth-order valence-electron chi connectivity index (χ4n) is 2.14. The van der Waals surface area contributed by atoms with Crippen molar-refractivity contribution >= 4 is 67.6 Å². The van der Waals surface area contributed by atoms with Crippen molar-refractivity contribution < 1.29 is 4.79 Å². The third-order valence-electron chi connectivity index (χ3n) is 3.23. The average Bonchev–Trinajstić information content (AvgIpc) is 3.05. The van der Waals surface area contributed by atoms with Gasteiger partial charge in [0.05, 0.1) is 4.91 Å². The number of carbonyl (C=O) groups is 1. The molecule has 2 heterocycles. The average molecular weight is 410 g/mol. The lowest BCUT2D eigenvalue weighted by atomic mass is 10.2. The van der Waals surface area contributed by atoms with Crippen LogP contribution in [0.4, 0.5) is 0 Å². The van der Waals surface area contributed by atoms with E-state index in [4.69, 9.17) is 12.2 Å². The maximum atomic E-state index is 12.2. The van der Waals surface area contributed by atoms with E-state index in [2.05, 4.69) is 28.1 Å². The zero-order valence-corrected chi connectivity index (χ0v) is 15.7. The standard InChI is InChI=1S/C16H12BrNOS3/c1-2-18-15(19)14(22-16(18)20)9-10-7-8-13(21-10)11-5-3-4-6-12(11)17/h3-9H,2H2,1H3/b14-9+. The number of thiocarbonyl (C=S) groups is 1. The van der Waals surface area contributed by atoms with E-state index in [1.165, 1.54) is 16.6 Å². The zero-order chi connectivity index (χ0) is 15.7. The highest BCUT2D eigenvalue weighted by atomic mass is 79.9. The molecule has 0 spiro atoms. The van der Waals surface area contributed by atoms with Gasteiger partial charge in [0.1, 0.15) is 4.32 Å². The molecule has 0 saturated carbocycles. The minimum Gasteiger partial charge on any atom is -0.293 e. The van der Waals surface area contributed by atoms with E-state index >= 15 is 0 Å². The van der Waals surface area contributed by atoms with Crippen LogP contribution in [0.1, 0.15) is 11.8 Å². The minimum absolute atomic E-state index is 0.00772. The van der Waals surface area contributed by atoms with E-state index in [9.17, 15) is 4.79 Å². The lowest BCUT2D eigenvalue weighted by Gasteiger charge is -2.09. The van der Waals surface area contributed by atoms with Crippen LogP contribution in [-0.4, -0.2) is 21.7 Å². The maximum Gasteiger partial charge on any atom is 0.266 e. The summed E-state index contributed by atoms with van der Waals surface area (Å²) in [6.45, 7) is 2.55. The van der Waals surface area contributed by atoms with Gasteiger partial charge in [-0.25, -0.2) is 0 Å². The van der Waals surface area contributed by atoms with Crippen molar-refractivity contribution in [3.05, 3.63) is 50.7 Å². The van der Waals surface area contributed by atoms with Crippen LogP contribution in [0.5, 0.6) is 0 Å². The summed E-state index contributed by atoms with van der Waals surface area (Å²) < 4.78 is 1.71. The van der Waals surface area contributed by atoms with E-state index in [0.717, 1.165) is 14.9 Å². The Kier molecular flexibility index (Phi) is 4.82. The van der Waals surface area contributed by atoms with E-state index < -0.39 is 0 Å². The first kappa shape index (κ1) is 15.9. The molecule has 2 aromatic rings. The van der Waals surface area contributed by atoms with Crippen LogP contribution in [0.3, 0.4) is 0 Å². The summed E-state index contributed by atoms with van der Waals surface area (Å²) in [5.41, 5.74) is 1.16. The molecule has 1 aliphatic rings. The summed E-state index contributed by atoms with van der Waals surface area (Å²) in [4.78, 5) is 16.8. The Bertz CT molecular complexity index is 781. The molecule has 0 N–H and O–H groups in total. The van der Waals surface area contributed by atoms with Crippen molar-refractivity contribution in [2.45, 2.75) is 6.92 Å². The third kappa shape index (κ3) is 3.06. The topological polar surface area (TPSA) is 20.3 Å². The SMILES string of the molecule is CCN1C(=O)/C(=C\c2ccc(-c3ccccc3Br)s2)SC1=S. The highest BCUT2D eigenvalue weighted by Crippen LogP contribution is 2.37. The molecule has 0 bridgehead atoms. The number of thioether (sulfide) groups is 1. The number of hydrogen-bond acceptors (Lipinski definition) is 4. The number of carbonyl (C=O) groups excluding carboxylic acids is 1.